The number of benzene rings is 2. The predicted molar refractivity (Wildman–Crippen MR) is 99.5 cm³/mol. The third-order valence-electron chi connectivity index (χ3n) is 4.11. The summed E-state index contributed by atoms with van der Waals surface area (Å²) in [6, 6.07) is 10.4. The van der Waals surface area contributed by atoms with Crippen molar-refractivity contribution in [1.82, 2.24) is 14.6 Å². The Morgan fingerprint density at radius 1 is 1.07 bits per heavy atom. The van der Waals surface area contributed by atoms with Gasteiger partial charge in [0.1, 0.15) is 5.82 Å². The maximum absolute atomic E-state index is 12.8. The molecule has 0 bridgehead atoms. The van der Waals surface area contributed by atoms with Crippen molar-refractivity contribution in [1.29, 1.82) is 0 Å². The van der Waals surface area contributed by atoms with Crippen LogP contribution in [0, 0.1) is 6.92 Å². The van der Waals surface area contributed by atoms with Crippen LogP contribution in [0.15, 0.2) is 59.1 Å². The second-order valence-corrected chi connectivity index (χ2v) is 6.20. The number of aromatic nitrogens is 3. The number of halogens is 3. The first-order chi connectivity index (χ1) is 13.8. The summed E-state index contributed by atoms with van der Waals surface area (Å²) in [5, 5.41) is 9.25. The van der Waals surface area contributed by atoms with E-state index >= 15 is 0 Å². The molecule has 2 aromatic heterocycles. The molecule has 10 heteroatoms. The first-order valence-corrected chi connectivity index (χ1v) is 8.46. The zero-order chi connectivity index (χ0) is 20.6. The van der Waals surface area contributed by atoms with Crippen molar-refractivity contribution in [2.75, 3.05) is 10.6 Å². The summed E-state index contributed by atoms with van der Waals surface area (Å²) in [7, 11) is 0. The van der Waals surface area contributed by atoms with Gasteiger partial charge in [0.2, 0.25) is 11.6 Å². The Hall–Kier alpha value is -3.82. The summed E-state index contributed by atoms with van der Waals surface area (Å²) in [6.45, 7) is 1.80. The molecule has 0 saturated heterocycles. The van der Waals surface area contributed by atoms with E-state index in [1.54, 1.807) is 41.9 Å². The number of alkyl halides is 3. The smallest absolute Gasteiger partial charge is 0.416 e. The Balaban J connectivity index is 1.44. The van der Waals surface area contributed by atoms with Crippen LogP contribution in [0.5, 0.6) is 0 Å². The molecule has 0 aliphatic heterocycles. The topological polar surface area (TPSA) is 84.5 Å². The number of carbonyl (C=O) groups is 1. The number of imidazole rings is 1. The summed E-state index contributed by atoms with van der Waals surface area (Å²) in [5.74, 6) is 1.09. The third kappa shape index (κ3) is 3.91. The lowest BCUT2D eigenvalue weighted by atomic mass is 10.2. The van der Waals surface area contributed by atoms with E-state index in [0.29, 0.717) is 28.7 Å². The van der Waals surface area contributed by atoms with Crippen LogP contribution in [0.4, 0.5) is 29.3 Å². The number of amides is 2. The number of aryl methyl sites for hydroxylation is 1. The second kappa shape index (κ2) is 6.97. The summed E-state index contributed by atoms with van der Waals surface area (Å²) in [4.78, 5) is 16.2. The molecule has 4 aromatic rings. The van der Waals surface area contributed by atoms with Crippen LogP contribution in [0.3, 0.4) is 0 Å². The molecule has 0 aliphatic carbocycles. The Labute approximate surface area is 162 Å². The van der Waals surface area contributed by atoms with Gasteiger partial charge in [-0.1, -0.05) is 6.07 Å². The van der Waals surface area contributed by atoms with E-state index in [1.165, 1.54) is 12.1 Å². The van der Waals surface area contributed by atoms with Crippen molar-refractivity contribution >= 4 is 23.1 Å². The molecule has 7 nitrogen and oxygen atoms in total. The van der Waals surface area contributed by atoms with Crippen molar-refractivity contribution in [2.24, 2.45) is 0 Å². The highest BCUT2D eigenvalue weighted by Gasteiger charge is 2.30. The Morgan fingerprint density at radius 2 is 1.79 bits per heavy atom. The van der Waals surface area contributed by atoms with Crippen LogP contribution in [0.1, 0.15) is 11.4 Å². The quantitative estimate of drug-likeness (QED) is 0.508. The molecule has 2 N–H and O–H groups in total. The normalized spacial score (nSPS) is 11.6. The van der Waals surface area contributed by atoms with Crippen molar-refractivity contribution in [3.8, 4) is 11.5 Å². The molecule has 148 valence electrons. The summed E-state index contributed by atoms with van der Waals surface area (Å²) < 4.78 is 45.4. The van der Waals surface area contributed by atoms with Gasteiger partial charge in [-0.05, 0) is 49.4 Å². The number of anilines is 2. The number of hydrogen-bond acceptors (Lipinski definition) is 4. The van der Waals surface area contributed by atoms with E-state index in [-0.39, 0.29) is 5.69 Å². The van der Waals surface area contributed by atoms with Gasteiger partial charge in [0.05, 0.1) is 11.8 Å². The van der Waals surface area contributed by atoms with E-state index in [2.05, 4.69) is 20.7 Å². The lowest BCUT2D eigenvalue weighted by Crippen LogP contribution is -2.19. The molecule has 0 saturated carbocycles. The van der Waals surface area contributed by atoms with Crippen molar-refractivity contribution in [3.05, 3.63) is 66.1 Å². The molecule has 2 aromatic carbocycles. The van der Waals surface area contributed by atoms with E-state index in [0.717, 1.165) is 12.1 Å². The van der Waals surface area contributed by atoms with Crippen molar-refractivity contribution in [2.45, 2.75) is 13.1 Å². The lowest BCUT2D eigenvalue weighted by Gasteiger charge is -2.11. The molecule has 0 fully saturated rings. The molecule has 0 unspecified atom stereocenters. The minimum absolute atomic E-state index is 0.0357. The first-order valence-electron chi connectivity index (χ1n) is 8.46. The minimum atomic E-state index is -4.48. The van der Waals surface area contributed by atoms with Gasteiger partial charge >= 0.3 is 12.2 Å². The monoisotopic (exact) mass is 401 g/mol. The Bertz CT molecular complexity index is 1180. The van der Waals surface area contributed by atoms with Gasteiger partial charge in [0, 0.05) is 16.9 Å². The summed E-state index contributed by atoms with van der Waals surface area (Å²) in [5.41, 5.74) is 0.854. The standard InChI is InChI=1S/C19H14F3N5O2/c1-11-23-10-16-27(11)26-17(29-16)12-5-7-14(8-6-12)24-18(28)25-15-4-2-3-13(9-15)19(20,21)22/h2-10H,1H3,(H2,24,25,28). The van der Waals surface area contributed by atoms with Crippen LogP contribution < -0.4 is 10.6 Å². The molecule has 0 spiro atoms. The van der Waals surface area contributed by atoms with Gasteiger partial charge in [-0.15, -0.1) is 5.10 Å². The largest absolute Gasteiger partial charge is 0.417 e. The average Bonchev–Trinajstić information content (AvgIpc) is 3.24. The fraction of sp³-hybridized carbons (Fsp3) is 0.105. The number of rotatable bonds is 3. The molecule has 2 heterocycles. The first kappa shape index (κ1) is 18.5. The average molecular weight is 401 g/mol. The maximum atomic E-state index is 12.8. The van der Waals surface area contributed by atoms with Gasteiger partial charge in [0.15, 0.2) is 0 Å². The second-order valence-electron chi connectivity index (χ2n) is 6.20. The zero-order valence-electron chi connectivity index (χ0n) is 15.0. The summed E-state index contributed by atoms with van der Waals surface area (Å²) >= 11 is 0. The zero-order valence-corrected chi connectivity index (χ0v) is 15.0. The number of nitrogens with zero attached hydrogens (tertiary/aromatic N) is 3. The van der Waals surface area contributed by atoms with Crippen LogP contribution >= 0.6 is 0 Å². The molecular weight excluding hydrogens is 387 g/mol. The van der Waals surface area contributed by atoms with Crippen LogP contribution in [-0.4, -0.2) is 20.6 Å². The number of nitrogens with one attached hydrogen (secondary N) is 2. The van der Waals surface area contributed by atoms with Crippen LogP contribution in [0.25, 0.3) is 17.2 Å². The van der Waals surface area contributed by atoms with Crippen molar-refractivity contribution < 1.29 is 22.4 Å². The number of carbonyl (C=O) groups excluding carboxylic acids is 1. The number of urea groups is 1. The molecular formula is C19H14F3N5O2. The Kier molecular flexibility index (Phi) is 4.45. The molecule has 0 radical (unpaired) electrons. The van der Waals surface area contributed by atoms with E-state index in [4.69, 9.17) is 4.42 Å². The molecule has 4 rings (SSSR count). The highest BCUT2D eigenvalue weighted by atomic mass is 19.4. The fourth-order valence-corrected chi connectivity index (χ4v) is 2.70. The van der Waals surface area contributed by atoms with Crippen LogP contribution in [-0.2, 0) is 6.18 Å². The minimum Gasteiger partial charge on any atom is -0.417 e. The maximum Gasteiger partial charge on any atom is 0.416 e. The predicted octanol–water partition coefficient (Wildman–Crippen LogP) is 4.96. The van der Waals surface area contributed by atoms with Gasteiger partial charge in [-0.2, -0.15) is 17.7 Å². The molecule has 2 amide bonds. The summed E-state index contributed by atoms with van der Waals surface area (Å²) in [6.07, 6.45) is -2.91. The molecule has 0 atom stereocenters. The van der Waals surface area contributed by atoms with E-state index in [9.17, 15) is 18.0 Å². The van der Waals surface area contributed by atoms with Crippen molar-refractivity contribution in [3.63, 3.8) is 0 Å². The Morgan fingerprint density at radius 3 is 2.48 bits per heavy atom. The number of hydrogen-bond donors (Lipinski definition) is 2. The molecule has 29 heavy (non-hydrogen) atoms. The van der Waals surface area contributed by atoms with E-state index < -0.39 is 17.8 Å². The number of fused-ring (bicyclic) bond motifs is 1. The molecule has 0 aliphatic rings. The van der Waals surface area contributed by atoms with Gasteiger partial charge in [0.25, 0.3) is 0 Å². The van der Waals surface area contributed by atoms with Gasteiger partial charge < -0.3 is 15.1 Å². The van der Waals surface area contributed by atoms with E-state index in [1.807, 2.05) is 0 Å². The van der Waals surface area contributed by atoms with Gasteiger partial charge in [-0.3, -0.25) is 0 Å². The van der Waals surface area contributed by atoms with Gasteiger partial charge in [-0.25, -0.2) is 9.78 Å². The highest BCUT2D eigenvalue weighted by molar-refractivity contribution is 5.99. The fourth-order valence-electron chi connectivity index (χ4n) is 2.70. The SMILES string of the molecule is Cc1ncc2oc(-c3ccc(NC(=O)Nc4cccc(C(F)(F)F)c4)cc3)nn12. The van der Waals surface area contributed by atoms with Crippen LogP contribution in [0.2, 0.25) is 0 Å². The third-order valence-corrected chi connectivity index (χ3v) is 4.11. The highest BCUT2D eigenvalue weighted by Crippen LogP contribution is 2.30. The lowest BCUT2D eigenvalue weighted by molar-refractivity contribution is -0.137.